The fourth-order valence-electron chi connectivity index (χ4n) is 2.83. The smallest absolute Gasteiger partial charge is 0.329 e. The van der Waals surface area contributed by atoms with E-state index in [2.05, 4.69) is 21.2 Å². The van der Waals surface area contributed by atoms with Crippen molar-refractivity contribution >= 4 is 46.9 Å². The van der Waals surface area contributed by atoms with Crippen LogP contribution in [0.15, 0.2) is 71.8 Å². The largest absolute Gasteiger partial charge is 0.484 e. The van der Waals surface area contributed by atoms with Crippen molar-refractivity contribution in [2.75, 3.05) is 17.2 Å². The Bertz CT molecular complexity index is 1240. The number of ether oxygens (including phenoxy) is 1. The molecule has 0 bridgehead atoms. The van der Waals surface area contributed by atoms with Crippen LogP contribution >= 0.6 is 11.6 Å². The van der Waals surface area contributed by atoms with E-state index in [0.717, 1.165) is 11.1 Å². The average Bonchev–Trinajstić information content (AvgIpc) is 2.80. The SMILES string of the molecule is Cc1cccc(NC(=O)C(=O)N/N=C\c2cccc(OCC(=O)Nc3ccc(C)c(Cl)c3)c2)c1. The third-order valence-corrected chi connectivity index (χ3v) is 4.95. The lowest BCUT2D eigenvalue weighted by molar-refractivity contribution is -0.136. The van der Waals surface area contributed by atoms with E-state index in [1.54, 1.807) is 54.6 Å². The van der Waals surface area contributed by atoms with Gasteiger partial charge in [0.2, 0.25) is 0 Å². The van der Waals surface area contributed by atoms with Crippen LogP contribution in [0.3, 0.4) is 0 Å². The molecule has 0 aromatic heterocycles. The summed E-state index contributed by atoms with van der Waals surface area (Å²) in [6.45, 7) is 3.55. The molecule has 174 valence electrons. The summed E-state index contributed by atoms with van der Waals surface area (Å²) in [5.74, 6) is -1.64. The quantitative estimate of drug-likeness (QED) is 0.270. The Morgan fingerprint density at radius 2 is 1.68 bits per heavy atom. The van der Waals surface area contributed by atoms with Gasteiger partial charge in [-0.15, -0.1) is 0 Å². The molecule has 0 atom stereocenters. The van der Waals surface area contributed by atoms with Crippen molar-refractivity contribution in [2.24, 2.45) is 5.10 Å². The highest BCUT2D eigenvalue weighted by Gasteiger charge is 2.12. The number of hydrazone groups is 1. The molecule has 3 aromatic rings. The first kappa shape index (κ1) is 24.5. The molecule has 0 radical (unpaired) electrons. The number of benzene rings is 3. The van der Waals surface area contributed by atoms with E-state index < -0.39 is 11.8 Å². The molecule has 0 aliphatic carbocycles. The minimum atomic E-state index is -0.905. The average molecular weight is 479 g/mol. The van der Waals surface area contributed by atoms with Gasteiger partial charge in [-0.05, 0) is 66.9 Å². The van der Waals surface area contributed by atoms with Gasteiger partial charge in [-0.1, -0.05) is 41.9 Å². The molecule has 0 saturated carbocycles. The number of halogens is 1. The second-order valence-corrected chi connectivity index (χ2v) is 7.80. The topological polar surface area (TPSA) is 109 Å². The van der Waals surface area contributed by atoms with Gasteiger partial charge in [-0.3, -0.25) is 14.4 Å². The third kappa shape index (κ3) is 7.46. The number of aryl methyl sites for hydroxylation is 2. The van der Waals surface area contributed by atoms with Crippen molar-refractivity contribution in [3.63, 3.8) is 0 Å². The Kier molecular flexibility index (Phi) is 8.37. The van der Waals surface area contributed by atoms with Crippen LogP contribution in [-0.2, 0) is 14.4 Å². The molecule has 0 spiro atoms. The number of hydrogen-bond donors (Lipinski definition) is 3. The van der Waals surface area contributed by atoms with Gasteiger partial charge < -0.3 is 15.4 Å². The molecule has 3 N–H and O–H groups in total. The highest BCUT2D eigenvalue weighted by molar-refractivity contribution is 6.39. The molecular formula is C25H23ClN4O4. The highest BCUT2D eigenvalue weighted by Crippen LogP contribution is 2.20. The molecule has 8 nitrogen and oxygen atoms in total. The number of nitrogens with zero attached hydrogens (tertiary/aromatic N) is 1. The van der Waals surface area contributed by atoms with Crippen LogP contribution in [0.5, 0.6) is 5.75 Å². The Labute approximate surface area is 202 Å². The fraction of sp³-hybridized carbons (Fsp3) is 0.120. The lowest BCUT2D eigenvalue weighted by Crippen LogP contribution is -2.32. The summed E-state index contributed by atoms with van der Waals surface area (Å²) in [5, 5.41) is 9.57. The van der Waals surface area contributed by atoms with Crippen LogP contribution in [0.2, 0.25) is 5.02 Å². The first-order valence-corrected chi connectivity index (χ1v) is 10.7. The van der Waals surface area contributed by atoms with E-state index in [1.165, 1.54) is 6.21 Å². The fourth-order valence-corrected chi connectivity index (χ4v) is 3.01. The molecule has 3 rings (SSSR count). The summed E-state index contributed by atoms with van der Waals surface area (Å²) < 4.78 is 5.52. The predicted octanol–water partition coefficient (Wildman–Crippen LogP) is 4.06. The standard InChI is InChI=1S/C25H23ClN4O4/c1-16-5-3-7-19(11-16)29-24(32)25(33)30-27-14-18-6-4-8-21(12-18)34-15-23(31)28-20-10-9-17(2)22(26)13-20/h3-14H,15H2,1-2H3,(H,28,31)(H,29,32)(H,30,33)/b27-14-. The van der Waals surface area contributed by atoms with E-state index in [9.17, 15) is 14.4 Å². The molecule has 3 amide bonds. The minimum absolute atomic E-state index is 0.206. The molecule has 0 unspecified atom stereocenters. The molecular weight excluding hydrogens is 456 g/mol. The van der Waals surface area contributed by atoms with Crippen molar-refractivity contribution < 1.29 is 19.1 Å². The molecule has 3 aromatic carbocycles. The molecule has 0 aliphatic heterocycles. The molecule has 0 saturated heterocycles. The second-order valence-electron chi connectivity index (χ2n) is 7.40. The first-order valence-electron chi connectivity index (χ1n) is 10.3. The van der Waals surface area contributed by atoms with Gasteiger partial charge >= 0.3 is 11.8 Å². The van der Waals surface area contributed by atoms with Crippen LogP contribution in [0.25, 0.3) is 0 Å². The van der Waals surface area contributed by atoms with Gasteiger partial charge in [0.15, 0.2) is 6.61 Å². The molecule has 9 heteroatoms. The molecule has 0 aliphatic rings. The van der Waals surface area contributed by atoms with Crippen molar-refractivity contribution in [3.8, 4) is 5.75 Å². The van der Waals surface area contributed by atoms with Gasteiger partial charge in [-0.2, -0.15) is 5.10 Å². The van der Waals surface area contributed by atoms with Crippen LogP contribution < -0.4 is 20.8 Å². The molecule has 0 fully saturated rings. The number of anilines is 2. The van der Waals surface area contributed by atoms with E-state index in [-0.39, 0.29) is 12.5 Å². The van der Waals surface area contributed by atoms with Gasteiger partial charge in [0.1, 0.15) is 5.75 Å². The first-order chi connectivity index (χ1) is 16.3. The third-order valence-electron chi connectivity index (χ3n) is 4.55. The van der Waals surface area contributed by atoms with Crippen molar-refractivity contribution in [2.45, 2.75) is 13.8 Å². The summed E-state index contributed by atoms with van der Waals surface area (Å²) in [4.78, 5) is 36.1. The zero-order valence-corrected chi connectivity index (χ0v) is 19.3. The Morgan fingerprint density at radius 3 is 2.44 bits per heavy atom. The number of rotatable bonds is 7. The summed E-state index contributed by atoms with van der Waals surface area (Å²) >= 11 is 6.06. The zero-order valence-electron chi connectivity index (χ0n) is 18.6. The maximum Gasteiger partial charge on any atom is 0.329 e. The van der Waals surface area contributed by atoms with Crippen molar-refractivity contribution in [1.82, 2.24) is 5.43 Å². The summed E-state index contributed by atoms with van der Waals surface area (Å²) in [5.41, 5.74) is 5.74. The van der Waals surface area contributed by atoms with E-state index in [4.69, 9.17) is 16.3 Å². The van der Waals surface area contributed by atoms with Gasteiger partial charge in [0.05, 0.1) is 6.21 Å². The number of amides is 3. The van der Waals surface area contributed by atoms with Crippen molar-refractivity contribution in [1.29, 1.82) is 0 Å². The summed E-state index contributed by atoms with van der Waals surface area (Å²) in [6.07, 6.45) is 1.36. The maximum absolute atomic E-state index is 12.1. The van der Waals surface area contributed by atoms with Crippen LogP contribution in [-0.4, -0.2) is 30.5 Å². The van der Waals surface area contributed by atoms with Crippen LogP contribution in [0, 0.1) is 13.8 Å². The lowest BCUT2D eigenvalue weighted by atomic mass is 10.2. The Hall–Kier alpha value is -4.17. The second kappa shape index (κ2) is 11.6. The van der Waals surface area contributed by atoms with E-state index in [0.29, 0.717) is 27.7 Å². The van der Waals surface area contributed by atoms with Gasteiger partial charge in [-0.25, -0.2) is 5.43 Å². The number of carbonyl (C=O) groups excluding carboxylic acids is 3. The lowest BCUT2D eigenvalue weighted by Gasteiger charge is -2.09. The van der Waals surface area contributed by atoms with Crippen LogP contribution in [0.4, 0.5) is 11.4 Å². The van der Waals surface area contributed by atoms with E-state index >= 15 is 0 Å². The number of hydrogen-bond acceptors (Lipinski definition) is 5. The van der Waals surface area contributed by atoms with Crippen LogP contribution in [0.1, 0.15) is 16.7 Å². The van der Waals surface area contributed by atoms with Gasteiger partial charge in [0.25, 0.3) is 5.91 Å². The van der Waals surface area contributed by atoms with E-state index in [1.807, 2.05) is 26.0 Å². The predicted molar refractivity (Wildman–Crippen MR) is 132 cm³/mol. The monoisotopic (exact) mass is 478 g/mol. The minimum Gasteiger partial charge on any atom is -0.484 e. The Balaban J connectivity index is 1.48. The zero-order chi connectivity index (χ0) is 24.5. The van der Waals surface area contributed by atoms with Gasteiger partial charge in [0, 0.05) is 16.4 Å². The summed E-state index contributed by atoms with van der Waals surface area (Å²) in [6, 6.07) is 19.1. The molecule has 0 heterocycles. The Morgan fingerprint density at radius 1 is 0.912 bits per heavy atom. The number of carbonyl (C=O) groups is 3. The highest BCUT2D eigenvalue weighted by atomic mass is 35.5. The normalized spacial score (nSPS) is 10.6. The number of nitrogens with one attached hydrogen (secondary N) is 3. The molecule has 34 heavy (non-hydrogen) atoms. The summed E-state index contributed by atoms with van der Waals surface area (Å²) in [7, 11) is 0. The maximum atomic E-state index is 12.1. The van der Waals surface area contributed by atoms with Crippen molar-refractivity contribution in [3.05, 3.63) is 88.4 Å².